The van der Waals surface area contributed by atoms with Crippen molar-refractivity contribution < 1.29 is 33.3 Å². The summed E-state index contributed by atoms with van der Waals surface area (Å²) in [6.45, 7) is 1.91. The normalized spacial score (nSPS) is 19.6. The minimum absolute atomic E-state index is 0.00860. The highest BCUT2D eigenvalue weighted by Gasteiger charge is 2.32. The molecule has 1 N–H and O–H groups in total. The number of carboxylic acid groups (broad SMARTS) is 1. The van der Waals surface area contributed by atoms with Crippen molar-refractivity contribution in [3.63, 3.8) is 0 Å². The molecule has 7 nitrogen and oxygen atoms in total. The molecule has 1 saturated heterocycles. The molecule has 6 rings (SSSR count). The van der Waals surface area contributed by atoms with Gasteiger partial charge in [-0.1, -0.05) is 6.07 Å². The monoisotopic (exact) mass is 517 g/mol. The molecule has 38 heavy (non-hydrogen) atoms. The molecule has 2 aliphatic heterocycles. The Balaban J connectivity index is 1.17. The van der Waals surface area contributed by atoms with E-state index in [0.29, 0.717) is 53.6 Å². The lowest BCUT2D eigenvalue weighted by Gasteiger charge is -2.18. The maximum atomic E-state index is 15.0. The second-order valence-electron chi connectivity index (χ2n) is 10.0. The highest BCUT2D eigenvalue weighted by molar-refractivity contribution is 5.94. The molecule has 0 unspecified atom stereocenters. The van der Waals surface area contributed by atoms with Gasteiger partial charge >= 0.3 is 5.97 Å². The molecule has 1 aliphatic carbocycles. The topological polar surface area (TPSA) is 85.3 Å². The number of hydrogen-bond acceptors (Lipinski definition) is 5. The van der Waals surface area contributed by atoms with E-state index in [9.17, 15) is 14.0 Å². The summed E-state index contributed by atoms with van der Waals surface area (Å²) in [6.07, 6.45) is 2.80. The van der Waals surface area contributed by atoms with Gasteiger partial charge in [-0.05, 0) is 68.1 Å². The number of rotatable bonds is 7. The fourth-order valence-electron chi connectivity index (χ4n) is 5.63. The zero-order valence-electron chi connectivity index (χ0n) is 20.8. The van der Waals surface area contributed by atoms with Crippen LogP contribution >= 0.6 is 0 Å². The van der Waals surface area contributed by atoms with Gasteiger partial charge in [-0.15, -0.1) is 0 Å². The number of amides is 1. The predicted octanol–water partition coefficient (Wildman–Crippen LogP) is 5.87. The van der Waals surface area contributed by atoms with Gasteiger partial charge in [0.1, 0.15) is 34.9 Å². The zero-order valence-corrected chi connectivity index (χ0v) is 20.8. The van der Waals surface area contributed by atoms with Crippen LogP contribution in [0.3, 0.4) is 0 Å². The number of likely N-dealkylation sites (tertiary alicyclic amines) is 1. The van der Waals surface area contributed by atoms with E-state index in [0.717, 1.165) is 37.1 Å². The van der Waals surface area contributed by atoms with E-state index in [1.807, 2.05) is 11.0 Å². The number of hydrogen-bond donors (Lipinski definition) is 1. The van der Waals surface area contributed by atoms with Crippen LogP contribution in [-0.4, -0.2) is 41.6 Å². The van der Waals surface area contributed by atoms with Gasteiger partial charge in [-0.3, -0.25) is 9.59 Å². The Morgan fingerprint density at radius 1 is 1.03 bits per heavy atom. The van der Waals surface area contributed by atoms with E-state index in [4.69, 9.17) is 19.3 Å². The van der Waals surface area contributed by atoms with E-state index < -0.39 is 12.1 Å². The summed E-state index contributed by atoms with van der Waals surface area (Å²) in [5, 5.41) is 9.11. The van der Waals surface area contributed by atoms with E-state index in [1.54, 1.807) is 42.5 Å². The summed E-state index contributed by atoms with van der Waals surface area (Å²) in [5.74, 6) is 0.930. The summed E-state index contributed by atoms with van der Waals surface area (Å²) < 4.78 is 33.0. The van der Waals surface area contributed by atoms with Crippen molar-refractivity contribution in [1.82, 2.24) is 4.90 Å². The third-order valence-electron chi connectivity index (χ3n) is 7.53. The van der Waals surface area contributed by atoms with Crippen LogP contribution in [0.1, 0.15) is 64.8 Å². The molecule has 3 aliphatic rings. The summed E-state index contributed by atoms with van der Waals surface area (Å²) in [7, 11) is 0. The largest absolute Gasteiger partial charge is 0.492 e. The smallest absolute Gasteiger partial charge is 0.304 e. The van der Waals surface area contributed by atoms with Crippen molar-refractivity contribution in [2.45, 2.75) is 44.1 Å². The van der Waals surface area contributed by atoms with Gasteiger partial charge < -0.3 is 24.2 Å². The predicted molar refractivity (Wildman–Crippen MR) is 137 cm³/mol. The molecular weight excluding hydrogens is 489 g/mol. The quantitative estimate of drug-likeness (QED) is 0.422. The summed E-state index contributed by atoms with van der Waals surface area (Å²) >= 11 is 0. The number of carboxylic acids is 1. The number of aliphatic carboxylic acids is 1. The van der Waals surface area contributed by atoms with Gasteiger partial charge in [0.15, 0.2) is 0 Å². The van der Waals surface area contributed by atoms with Gasteiger partial charge in [0.25, 0.3) is 5.91 Å². The molecule has 8 heteroatoms. The van der Waals surface area contributed by atoms with Crippen LogP contribution in [0.4, 0.5) is 4.39 Å². The molecule has 1 amide bonds. The number of fused-ring (bicyclic) bond motifs is 2. The summed E-state index contributed by atoms with van der Waals surface area (Å²) in [4.78, 5) is 25.6. The average Bonchev–Trinajstić information content (AvgIpc) is 3.67. The zero-order chi connectivity index (χ0) is 26.2. The first-order valence-corrected chi connectivity index (χ1v) is 13.0. The third-order valence-corrected chi connectivity index (χ3v) is 7.53. The van der Waals surface area contributed by atoms with E-state index in [1.165, 1.54) is 6.07 Å². The van der Waals surface area contributed by atoms with Crippen LogP contribution in [0.5, 0.6) is 23.0 Å². The van der Waals surface area contributed by atoms with Crippen LogP contribution < -0.4 is 14.2 Å². The standard InChI is InChI=1S/C30H28FNO6/c31-24-10-12-25(37-20-5-3-18(4-6-20)30(35)32-13-1-2-14-32)23-9-11-26(29(23)24)38-21-7-8-22-19(15-28(33)34)17-36-27(22)16-21/h3-8,10,12,16,19,26H,1-2,9,11,13-15,17H2,(H,33,34)/t19-,26-/m1/s1. The molecule has 2 heterocycles. The lowest BCUT2D eigenvalue weighted by molar-refractivity contribution is -0.137. The number of halogens is 1. The van der Waals surface area contributed by atoms with Crippen molar-refractivity contribution in [3.05, 3.63) is 82.7 Å². The minimum atomic E-state index is -0.866. The maximum Gasteiger partial charge on any atom is 0.304 e. The van der Waals surface area contributed by atoms with E-state index >= 15 is 0 Å². The van der Waals surface area contributed by atoms with Crippen molar-refractivity contribution in [1.29, 1.82) is 0 Å². The van der Waals surface area contributed by atoms with Crippen molar-refractivity contribution >= 4 is 11.9 Å². The Morgan fingerprint density at radius 2 is 1.79 bits per heavy atom. The summed E-state index contributed by atoms with van der Waals surface area (Å²) in [5.41, 5.74) is 2.73. The second-order valence-corrected chi connectivity index (χ2v) is 10.0. The van der Waals surface area contributed by atoms with Gasteiger partial charge in [-0.25, -0.2) is 4.39 Å². The lowest BCUT2D eigenvalue weighted by Crippen LogP contribution is -2.27. The van der Waals surface area contributed by atoms with Crippen LogP contribution in [-0.2, 0) is 11.2 Å². The first kappa shape index (κ1) is 24.3. The SMILES string of the molecule is O=C(O)C[C@@H]1COc2cc(O[C@@H]3CCc4c(Oc5ccc(C(=O)N6CCCC6)cc5)ccc(F)c43)ccc21. The number of carbonyl (C=O) groups is 2. The van der Waals surface area contributed by atoms with Crippen molar-refractivity contribution in [2.75, 3.05) is 19.7 Å². The van der Waals surface area contributed by atoms with Gasteiger partial charge in [-0.2, -0.15) is 0 Å². The van der Waals surface area contributed by atoms with Crippen molar-refractivity contribution in [2.24, 2.45) is 0 Å². The maximum absolute atomic E-state index is 15.0. The Hall–Kier alpha value is -4.07. The number of carbonyl (C=O) groups excluding carboxylic acids is 1. The molecule has 3 aromatic carbocycles. The first-order valence-electron chi connectivity index (χ1n) is 13.0. The molecule has 0 aromatic heterocycles. The molecule has 0 saturated carbocycles. The van der Waals surface area contributed by atoms with Crippen LogP contribution in [0.15, 0.2) is 54.6 Å². The second kappa shape index (κ2) is 10.0. The Kier molecular flexibility index (Phi) is 6.39. The molecule has 0 spiro atoms. The van der Waals surface area contributed by atoms with Gasteiger partial charge in [0, 0.05) is 47.3 Å². The van der Waals surface area contributed by atoms with Crippen LogP contribution in [0.25, 0.3) is 0 Å². The third kappa shape index (κ3) is 4.66. The first-order chi connectivity index (χ1) is 18.5. The fourth-order valence-corrected chi connectivity index (χ4v) is 5.63. The molecule has 196 valence electrons. The minimum Gasteiger partial charge on any atom is -0.492 e. The number of ether oxygens (including phenoxy) is 3. The molecule has 0 radical (unpaired) electrons. The summed E-state index contributed by atoms with van der Waals surface area (Å²) in [6, 6.07) is 15.5. The Labute approximate surface area is 219 Å². The molecular formula is C30H28FNO6. The highest BCUT2D eigenvalue weighted by atomic mass is 19.1. The Morgan fingerprint density at radius 3 is 2.55 bits per heavy atom. The molecule has 0 bridgehead atoms. The van der Waals surface area contributed by atoms with Crippen molar-refractivity contribution in [3.8, 4) is 23.0 Å². The van der Waals surface area contributed by atoms with Crippen LogP contribution in [0.2, 0.25) is 0 Å². The number of nitrogens with zero attached hydrogens (tertiary/aromatic N) is 1. The average molecular weight is 518 g/mol. The lowest BCUT2D eigenvalue weighted by atomic mass is 9.98. The van der Waals surface area contributed by atoms with Gasteiger partial charge in [0.2, 0.25) is 0 Å². The fraction of sp³-hybridized carbons (Fsp3) is 0.333. The molecule has 2 atom stereocenters. The van der Waals surface area contributed by atoms with E-state index in [-0.39, 0.29) is 24.1 Å². The Bertz CT molecular complexity index is 1380. The van der Waals surface area contributed by atoms with E-state index in [2.05, 4.69) is 0 Å². The highest BCUT2D eigenvalue weighted by Crippen LogP contribution is 2.44. The van der Waals surface area contributed by atoms with Crippen LogP contribution in [0, 0.1) is 5.82 Å². The number of benzene rings is 3. The van der Waals surface area contributed by atoms with Gasteiger partial charge in [0.05, 0.1) is 13.0 Å². The molecule has 3 aromatic rings. The molecule has 1 fully saturated rings.